The van der Waals surface area contributed by atoms with Crippen LogP contribution in [0, 0.1) is 0 Å². The molecule has 4 rings (SSSR count). The number of para-hydroxylation sites is 2. The van der Waals surface area contributed by atoms with Crippen molar-refractivity contribution in [2.45, 2.75) is 13.0 Å². The third-order valence-electron chi connectivity index (χ3n) is 5.11. The molecular formula is C25H22ClN3O4. The third-order valence-corrected chi connectivity index (χ3v) is 5.36. The van der Waals surface area contributed by atoms with Crippen LogP contribution < -0.4 is 25.4 Å². The molecule has 0 bridgehead atoms. The van der Waals surface area contributed by atoms with Crippen molar-refractivity contribution in [3.63, 3.8) is 0 Å². The molecule has 3 amide bonds. The molecule has 1 aliphatic rings. The number of allylic oxidation sites excluding steroid dienone is 1. The van der Waals surface area contributed by atoms with Gasteiger partial charge in [-0.1, -0.05) is 35.9 Å². The number of methoxy groups -OCH3 is 1. The van der Waals surface area contributed by atoms with E-state index in [1.54, 1.807) is 67.6 Å². The Kier molecular flexibility index (Phi) is 6.51. The number of nitrogens with one attached hydrogen (secondary N) is 3. The summed E-state index contributed by atoms with van der Waals surface area (Å²) in [5.41, 5.74) is 2.06. The first-order chi connectivity index (χ1) is 15.9. The molecule has 0 saturated carbocycles. The SMILES string of the molecule is COc1ccccc1NC(=O)C1=C(C)NC(=O)N[C@@H]1c1cccc(Oc2ccc(Cl)cc2)c1. The quantitative estimate of drug-likeness (QED) is 0.456. The molecule has 3 aromatic rings. The van der Waals surface area contributed by atoms with Crippen molar-refractivity contribution in [2.75, 3.05) is 12.4 Å². The lowest BCUT2D eigenvalue weighted by Crippen LogP contribution is -2.46. The first kappa shape index (κ1) is 22.2. The molecule has 1 aliphatic heterocycles. The van der Waals surface area contributed by atoms with Gasteiger partial charge in [0.15, 0.2) is 0 Å². The van der Waals surface area contributed by atoms with Gasteiger partial charge in [0.2, 0.25) is 0 Å². The van der Waals surface area contributed by atoms with Gasteiger partial charge >= 0.3 is 6.03 Å². The molecule has 1 atom stereocenters. The predicted octanol–water partition coefficient (Wildman–Crippen LogP) is 5.41. The fourth-order valence-electron chi connectivity index (χ4n) is 3.58. The highest BCUT2D eigenvalue weighted by atomic mass is 35.5. The highest BCUT2D eigenvalue weighted by Crippen LogP contribution is 2.32. The molecule has 0 unspecified atom stereocenters. The number of hydrogen-bond acceptors (Lipinski definition) is 4. The summed E-state index contributed by atoms with van der Waals surface area (Å²) in [6.07, 6.45) is 0. The van der Waals surface area contributed by atoms with E-state index in [1.807, 2.05) is 12.1 Å². The van der Waals surface area contributed by atoms with Crippen LogP contribution in [0.15, 0.2) is 84.1 Å². The van der Waals surface area contributed by atoms with E-state index in [0.29, 0.717) is 44.8 Å². The summed E-state index contributed by atoms with van der Waals surface area (Å²) in [6.45, 7) is 1.69. The molecule has 1 heterocycles. The Morgan fingerprint density at radius 2 is 1.76 bits per heavy atom. The van der Waals surface area contributed by atoms with Gasteiger partial charge in [0.1, 0.15) is 17.2 Å². The number of hydrogen-bond donors (Lipinski definition) is 3. The van der Waals surface area contributed by atoms with Crippen LogP contribution in [-0.4, -0.2) is 19.0 Å². The first-order valence-electron chi connectivity index (χ1n) is 10.2. The number of halogens is 1. The predicted molar refractivity (Wildman–Crippen MR) is 127 cm³/mol. The second-order valence-corrected chi connectivity index (χ2v) is 7.79. The van der Waals surface area contributed by atoms with Crippen molar-refractivity contribution in [2.24, 2.45) is 0 Å². The lowest BCUT2D eigenvalue weighted by atomic mass is 9.94. The average Bonchev–Trinajstić information content (AvgIpc) is 2.80. The monoisotopic (exact) mass is 463 g/mol. The summed E-state index contributed by atoms with van der Waals surface area (Å²) in [5.74, 6) is 1.35. The van der Waals surface area contributed by atoms with E-state index in [1.165, 1.54) is 7.11 Å². The first-order valence-corrected chi connectivity index (χ1v) is 10.6. The maximum atomic E-state index is 13.3. The zero-order valence-corrected chi connectivity index (χ0v) is 18.8. The number of amides is 3. The average molecular weight is 464 g/mol. The fourth-order valence-corrected chi connectivity index (χ4v) is 3.70. The highest BCUT2D eigenvalue weighted by molar-refractivity contribution is 6.30. The lowest BCUT2D eigenvalue weighted by molar-refractivity contribution is -0.113. The minimum absolute atomic E-state index is 0.362. The van der Waals surface area contributed by atoms with E-state index in [4.69, 9.17) is 21.1 Å². The van der Waals surface area contributed by atoms with Crippen molar-refractivity contribution in [3.8, 4) is 17.2 Å². The number of rotatable bonds is 6. The molecule has 3 N–H and O–H groups in total. The lowest BCUT2D eigenvalue weighted by Gasteiger charge is -2.29. The van der Waals surface area contributed by atoms with E-state index in [9.17, 15) is 9.59 Å². The van der Waals surface area contributed by atoms with Crippen molar-refractivity contribution < 1.29 is 19.1 Å². The number of carbonyl (C=O) groups is 2. The molecule has 0 aromatic heterocycles. The summed E-state index contributed by atoms with van der Waals surface area (Å²) < 4.78 is 11.2. The normalized spacial score (nSPS) is 15.4. The van der Waals surface area contributed by atoms with Crippen LogP contribution in [0.2, 0.25) is 5.02 Å². The maximum Gasteiger partial charge on any atom is 0.319 e. The Balaban J connectivity index is 1.63. The van der Waals surface area contributed by atoms with Crippen LogP contribution in [-0.2, 0) is 4.79 Å². The van der Waals surface area contributed by atoms with E-state index >= 15 is 0 Å². The molecule has 3 aromatic carbocycles. The van der Waals surface area contributed by atoms with Crippen LogP contribution in [0.4, 0.5) is 10.5 Å². The zero-order chi connectivity index (χ0) is 23.4. The van der Waals surface area contributed by atoms with Crippen molar-refractivity contribution >= 4 is 29.2 Å². The van der Waals surface area contributed by atoms with Gasteiger partial charge in [0, 0.05) is 10.7 Å². The molecule has 168 valence electrons. The number of anilines is 1. The minimum atomic E-state index is -0.678. The fraction of sp³-hybridized carbons (Fsp3) is 0.120. The van der Waals surface area contributed by atoms with Crippen molar-refractivity contribution in [1.29, 1.82) is 0 Å². The molecule has 7 nitrogen and oxygen atoms in total. The highest BCUT2D eigenvalue weighted by Gasteiger charge is 2.31. The summed E-state index contributed by atoms with van der Waals surface area (Å²) in [6, 6.07) is 20.3. The Morgan fingerprint density at radius 1 is 1.00 bits per heavy atom. The molecule has 0 saturated heterocycles. The van der Waals surface area contributed by atoms with Gasteiger partial charge in [-0.15, -0.1) is 0 Å². The third kappa shape index (κ3) is 5.10. The van der Waals surface area contributed by atoms with Gasteiger partial charge in [-0.05, 0) is 61.0 Å². The number of ether oxygens (including phenoxy) is 2. The van der Waals surface area contributed by atoms with Gasteiger partial charge in [0.25, 0.3) is 5.91 Å². The molecular weight excluding hydrogens is 442 g/mol. The molecule has 0 aliphatic carbocycles. The summed E-state index contributed by atoms with van der Waals surface area (Å²) in [7, 11) is 1.53. The van der Waals surface area contributed by atoms with Crippen molar-refractivity contribution in [3.05, 3.63) is 94.7 Å². The molecule has 33 heavy (non-hydrogen) atoms. The minimum Gasteiger partial charge on any atom is -0.495 e. The summed E-state index contributed by atoms with van der Waals surface area (Å²) in [4.78, 5) is 25.5. The maximum absolute atomic E-state index is 13.3. The molecule has 0 fully saturated rings. The van der Waals surface area contributed by atoms with E-state index in [2.05, 4.69) is 16.0 Å². The van der Waals surface area contributed by atoms with Crippen LogP contribution >= 0.6 is 11.6 Å². The Bertz CT molecular complexity index is 1220. The van der Waals surface area contributed by atoms with Gasteiger partial charge in [-0.3, -0.25) is 4.79 Å². The van der Waals surface area contributed by atoms with Crippen LogP contribution in [0.25, 0.3) is 0 Å². The number of urea groups is 1. The van der Waals surface area contributed by atoms with Crippen LogP contribution in [0.3, 0.4) is 0 Å². The standard InChI is InChI=1S/C25H22ClN3O4/c1-15-22(24(30)28-20-8-3-4-9-21(20)32-2)23(29-25(31)27-15)16-6-5-7-19(14-16)33-18-12-10-17(26)11-13-18/h3-14,23H,1-2H3,(H,28,30)(H2,27,29,31)/t23-/m1/s1. The number of carbonyl (C=O) groups excluding carboxylic acids is 2. The molecule has 8 heteroatoms. The van der Waals surface area contributed by atoms with Crippen LogP contribution in [0.1, 0.15) is 18.5 Å². The largest absolute Gasteiger partial charge is 0.495 e. The zero-order valence-electron chi connectivity index (χ0n) is 18.0. The van der Waals surface area contributed by atoms with E-state index in [-0.39, 0.29) is 5.91 Å². The smallest absolute Gasteiger partial charge is 0.319 e. The Morgan fingerprint density at radius 3 is 2.52 bits per heavy atom. The van der Waals surface area contributed by atoms with Crippen molar-refractivity contribution in [1.82, 2.24) is 10.6 Å². The second-order valence-electron chi connectivity index (χ2n) is 7.35. The second kappa shape index (κ2) is 9.67. The number of benzene rings is 3. The van der Waals surface area contributed by atoms with Gasteiger partial charge in [0.05, 0.1) is 24.4 Å². The van der Waals surface area contributed by atoms with E-state index < -0.39 is 12.1 Å². The van der Waals surface area contributed by atoms with Gasteiger partial charge < -0.3 is 25.4 Å². The summed E-state index contributed by atoms with van der Waals surface area (Å²) >= 11 is 5.94. The molecule has 0 radical (unpaired) electrons. The Hall–Kier alpha value is -3.97. The van der Waals surface area contributed by atoms with Gasteiger partial charge in [-0.25, -0.2) is 4.79 Å². The van der Waals surface area contributed by atoms with Crippen LogP contribution in [0.5, 0.6) is 17.2 Å². The summed E-state index contributed by atoms with van der Waals surface area (Å²) in [5, 5.41) is 9.00. The Labute approximate surface area is 196 Å². The van der Waals surface area contributed by atoms with Gasteiger partial charge in [-0.2, -0.15) is 0 Å². The topological polar surface area (TPSA) is 88.7 Å². The molecule has 0 spiro atoms. The van der Waals surface area contributed by atoms with E-state index in [0.717, 1.165) is 0 Å².